The third kappa shape index (κ3) is 4.78. The highest BCUT2D eigenvalue weighted by molar-refractivity contribution is 7.26. The molecule has 3 heterocycles. The van der Waals surface area contributed by atoms with E-state index in [9.17, 15) is 0 Å². The molecule has 0 radical (unpaired) electrons. The van der Waals surface area contributed by atoms with Crippen LogP contribution in [0.3, 0.4) is 0 Å². The first kappa shape index (κ1) is 26.9. The molecular formula is C41H25N3S2. The molecule has 0 atom stereocenters. The molecule has 0 bridgehead atoms. The normalized spacial score (nSPS) is 11.5. The van der Waals surface area contributed by atoms with Gasteiger partial charge in [0.2, 0.25) is 0 Å². The topological polar surface area (TPSA) is 38.7 Å². The second-order valence-electron chi connectivity index (χ2n) is 11.3. The standard InChI is InChI=1S/C41H25N3S2/c1-3-11-26(12-4-1)28-15-9-16-29(23-28)34-25-35(43-40(42-34)27-13-5-2-6-14-27)31-17-10-20-38-39(31)32-24-30(21-22-36(32)45-38)41-44-33-18-7-8-19-37(33)46-41/h1-25H. The maximum Gasteiger partial charge on any atom is 0.160 e. The van der Waals surface area contributed by atoms with Crippen LogP contribution < -0.4 is 0 Å². The van der Waals surface area contributed by atoms with Gasteiger partial charge in [0.25, 0.3) is 0 Å². The first-order valence-corrected chi connectivity index (χ1v) is 16.8. The number of thiophene rings is 1. The van der Waals surface area contributed by atoms with Crippen LogP contribution in [0.1, 0.15) is 0 Å². The van der Waals surface area contributed by atoms with E-state index < -0.39 is 0 Å². The van der Waals surface area contributed by atoms with Crippen molar-refractivity contribution in [1.82, 2.24) is 15.0 Å². The monoisotopic (exact) mass is 623 g/mol. The van der Waals surface area contributed by atoms with Gasteiger partial charge in [-0.2, -0.15) is 0 Å². The molecule has 46 heavy (non-hydrogen) atoms. The van der Waals surface area contributed by atoms with Crippen molar-refractivity contribution in [1.29, 1.82) is 0 Å². The van der Waals surface area contributed by atoms with Crippen molar-refractivity contribution in [2.24, 2.45) is 0 Å². The summed E-state index contributed by atoms with van der Waals surface area (Å²) in [7, 11) is 0. The molecule has 0 amide bonds. The summed E-state index contributed by atoms with van der Waals surface area (Å²) < 4.78 is 3.69. The first-order valence-electron chi connectivity index (χ1n) is 15.2. The lowest BCUT2D eigenvalue weighted by atomic mass is 9.99. The maximum atomic E-state index is 5.21. The molecule has 3 aromatic heterocycles. The van der Waals surface area contributed by atoms with Crippen molar-refractivity contribution in [2.75, 3.05) is 0 Å². The molecule has 216 valence electrons. The summed E-state index contributed by atoms with van der Waals surface area (Å²) in [6, 6.07) is 53.1. The van der Waals surface area contributed by atoms with Gasteiger partial charge >= 0.3 is 0 Å². The summed E-state index contributed by atoms with van der Waals surface area (Å²) in [5.74, 6) is 0.713. The molecule has 0 aliphatic heterocycles. The highest BCUT2D eigenvalue weighted by atomic mass is 32.1. The molecule has 0 spiro atoms. The SMILES string of the molecule is c1ccc(-c2cccc(-c3cc(-c4cccc5sc6ccc(-c7nc8ccccc8s7)cc6c45)nc(-c4ccccc4)n3)c2)cc1. The van der Waals surface area contributed by atoms with Crippen molar-refractivity contribution >= 4 is 53.1 Å². The number of benzene rings is 6. The zero-order chi connectivity index (χ0) is 30.5. The zero-order valence-corrected chi connectivity index (χ0v) is 26.2. The summed E-state index contributed by atoms with van der Waals surface area (Å²) in [4.78, 5) is 15.3. The van der Waals surface area contributed by atoms with E-state index in [0.29, 0.717) is 5.82 Å². The third-order valence-electron chi connectivity index (χ3n) is 8.34. The molecule has 0 unspecified atom stereocenters. The van der Waals surface area contributed by atoms with Gasteiger partial charge in [-0.15, -0.1) is 22.7 Å². The fraction of sp³-hybridized carbons (Fsp3) is 0. The van der Waals surface area contributed by atoms with E-state index in [0.717, 1.165) is 49.7 Å². The van der Waals surface area contributed by atoms with Crippen molar-refractivity contribution in [3.05, 3.63) is 152 Å². The molecule has 6 aromatic carbocycles. The van der Waals surface area contributed by atoms with Gasteiger partial charge in [0.1, 0.15) is 5.01 Å². The fourth-order valence-corrected chi connectivity index (χ4v) is 8.18. The van der Waals surface area contributed by atoms with Crippen LogP contribution >= 0.6 is 22.7 Å². The largest absolute Gasteiger partial charge is 0.236 e. The second kappa shape index (κ2) is 11.1. The lowest BCUT2D eigenvalue weighted by Crippen LogP contribution is -1.96. The van der Waals surface area contributed by atoms with E-state index in [1.165, 1.54) is 30.4 Å². The van der Waals surface area contributed by atoms with Gasteiger partial charge in [-0.25, -0.2) is 15.0 Å². The summed E-state index contributed by atoms with van der Waals surface area (Å²) in [6.07, 6.45) is 0. The van der Waals surface area contributed by atoms with Gasteiger partial charge in [0.05, 0.1) is 21.6 Å². The molecule has 0 saturated heterocycles. The predicted octanol–water partition coefficient (Wildman–Crippen LogP) is 11.8. The van der Waals surface area contributed by atoms with Crippen LogP contribution in [0.2, 0.25) is 0 Å². The van der Waals surface area contributed by atoms with Gasteiger partial charge in [-0.1, -0.05) is 109 Å². The number of aromatic nitrogens is 3. The molecule has 3 nitrogen and oxygen atoms in total. The van der Waals surface area contributed by atoms with E-state index in [-0.39, 0.29) is 0 Å². The number of hydrogen-bond acceptors (Lipinski definition) is 5. The summed E-state index contributed by atoms with van der Waals surface area (Å²) >= 11 is 3.56. The minimum absolute atomic E-state index is 0.713. The average molecular weight is 624 g/mol. The van der Waals surface area contributed by atoms with Crippen LogP contribution in [0, 0.1) is 0 Å². The van der Waals surface area contributed by atoms with E-state index in [1.807, 2.05) is 41.7 Å². The van der Waals surface area contributed by atoms with Gasteiger partial charge in [-0.3, -0.25) is 0 Å². The van der Waals surface area contributed by atoms with Gasteiger partial charge in [0.15, 0.2) is 5.82 Å². The van der Waals surface area contributed by atoms with E-state index in [1.54, 1.807) is 11.3 Å². The van der Waals surface area contributed by atoms with Crippen LogP contribution in [0.15, 0.2) is 152 Å². The Labute approximate surface area is 274 Å². The minimum Gasteiger partial charge on any atom is -0.236 e. The average Bonchev–Trinajstić information content (AvgIpc) is 3.74. The Morgan fingerprint density at radius 3 is 1.93 bits per heavy atom. The Morgan fingerprint density at radius 1 is 0.391 bits per heavy atom. The summed E-state index contributed by atoms with van der Waals surface area (Å²) in [6.45, 7) is 0. The first-order chi connectivity index (χ1) is 22.8. The van der Waals surface area contributed by atoms with E-state index in [2.05, 4.69) is 121 Å². The molecule has 5 heteroatoms. The van der Waals surface area contributed by atoms with E-state index >= 15 is 0 Å². The lowest BCUT2D eigenvalue weighted by Gasteiger charge is -2.11. The Hall–Kier alpha value is -5.49. The van der Waals surface area contributed by atoms with Crippen molar-refractivity contribution in [2.45, 2.75) is 0 Å². The summed E-state index contributed by atoms with van der Waals surface area (Å²) in [5.41, 5.74) is 9.47. The molecular weight excluding hydrogens is 599 g/mol. The third-order valence-corrected chi connectivity index (χ3v) is 10.6. The smallest absolute Gasteiger partial charge is 0.160 e. The molecule has 9 rings (SSSR count). The van der Waals surface area contributed by atoms with Gasteiger partial charge in [-0.05, 0) is 53.6 Å². The Balaban J connectivity index is 1.25. The number of fused-ring (bicyclic) bond motifs is 4. The second-order valence-corrected chi connectivity index (χ2v) is 13.4. The maximum absolute atomic E-state index is 5.21. The van der Waals surface area contributed by atoms with Gasteiger partial charge in [0, 0.05) is 42.4 Å². The van der Waals surface area contributed by atoms with Crippen molar-refractivity contribution < 1.29 is 0 Å². The highest BCUT2D eigenvalue weighted by Gasteiger charge is 2.17. The molecule has 0 fully saturated rings. The molecule has 0 aliphatic carbocycles. The molecule has 0 aliphatic rings. The lowest BCUT2D eigenvalue weighted by molar-refractivity contribution is 1.19. The van der Waals surface area contributed by atoms with Crippen LogP contribution in [0.5, 0.6) is 0 Å². The van der Waals surface area contributed by atoms with Crippen LogP contribution in [0.4, 0.5) is 0 Å². The number of nitrogens with zero attached hydrogens (tertiary/aromatic N) is 3. The van der Waals surface area contributed by atoms with Gasteiger partial charge < -0.3 is 0 Å². The molecule has 0 N–H and O–H groups in total. The van der Waals surface area contributed by atoms with Crippen LogP contribution in [-0.4, -0.2) is 15.0 Å². The van der Waals surface area contributed by atoms with Crippen LogP contribution in [-0.2, 0) is 0 Å². The molecule has 9 aromatic rings. The summed E-state index contributed by atoms with van der Waals surface area (Å²) in [5, 5.41) is 3.47. The minimum atomic E-state index is 0.713. The number of hydrogen-bond donors (Lipinski definition) is 0. The highest BCUT2D eigenvalue weighted by Crippen LogP contribution is 2.43. The number of para-hydroxylation sites is 1. The zero-order valence-electron chi connectivity index (χ0n) is 24.6. The van der Waals surface area contributed by atoms with E-state index in [4.69, 9.17) is 15.0 Å². The van der Waals surface area contributed by atoms with Crippen LogP contribution in [0.25, 0.3) is 86.0 Å². The predicted molar refractivity (Wildman–Crippen MR) is 195 cm³/mol. The number of rotatable bonds is 5. The Kier molecular flexibility index (Phi) is 6.51. The fourth-order valence-electron chi connectivity index (χ4n) is 6.11. The molecule has 0 saturated carbocycles. The van der Waals surface area contributed by atoms with Crippen molar-refractivity contribution in [3.63, 3.8) is 0 Å². The Morgan fingerprint density at radius 2 is 1.09 bits per heavy atom. The van der Waals surface area contributed by atoms with Crippen molar-refractivity contribution in [3.8, 4) is 55.6 Å². The quantitative estimate of drug-likeness (QED) is 0.191. The number of thiazole rings is 1. The Bertz CT molecular complexity index is 2500.